The highest BCUT2D eigenvalue weighted by Crippen LogP contribution is 2.26. The predicted octanol–water partition coefficient (Wildman–Crippen LogP) is 1.60. The zero-order valence-electron chi connectivity index (χ0n) is 21.8. The lowest BCUT2D eigenvalue weighted by atomic mass is 9.99. The number of carbonyl (C=O) groups excluding carboxylic acids is 5. The molecular formula is C27H31N7O5S. The predicted molar refractivity (Wildman–Crippen MR) is 146 cm³/mol. The molecule has 3 heterocycles. The van der Waals surface area contributed by atoms with E-state index in [-0.39, 0.29) is 31.7 Å². The lowest BCUT2D eigenvalue weighted by Gasteiger charge is -2.43. The Morgan fingerprint density at radius 3 is 2.65 bits per heavy atom. The van der Waals surface area contributed by atoms with Gasteiger partial charge in [0.05, 0.1) is 6.04 Å². The monoisotopic (exact) mass is 565 g/mol. The lowest BCUT2D eigenvalue weighted by molar-refractivity contribution is -0.176. The van der Waals surface area contributed by atoms with E-state index in [2.05, 4.69) is 20.7 Å². The molecule has 0 spiro atoms. The van der Waals surface area contributed by atoms with Gasteiger partial charge in [-0.05, 0) is 42.7 Å². The molecule has 2 saturated heterocycles. The fraction of sp³-hybridized carbons (Fsp3) is 0.407. The van der Waals surface area contributed by atoms with E-state index >= 15 is 0 Å². The highest BCUT2D eigenvalue weighted by molar-refractivity contribution is 7.09. The summed E-state index contributed by atoms with van der Waals surface area (Å²) in [4.78, 5) is 68.9. The number of benzene rings is 1. The zero-order valence-corrected chi connectivity index (χ0v) is 22.6. The topological polar surface area (TPSA) is 164 Å². The molecule has 2 fully saturated rings. The Balaban J connectivity index is 1.47. The molecule has 0 bridgehead atoms. The molecule has 0 saturated carbocycles. The first-order valence-corrected chi connectivity index (χ1v) is 14.0. The van der Waals surface area contributed by atoms with Crippen molar-refractivity contribution >= 4 is 47.1 Å². The molecule has 40 heavy (non-hydrogen) atoms. The maximum absolute atomic E-state index is 13.7. The summed E-state index contributed by atoms with van der Waals surface area (Å²) >= 11 is 1.59. The third-order valence-corrected chi connectivity index (χ3v) is 7.77. The SMILES string of the molecule is [N-]=[N+]=CC(=O)CC(NC(=O)[C@@H]1CCCN2C(=O)CCC(NC(=O)NCCc3cccs3)C(=O)N12)c1ccccc1. The molecule has 1 aromatic heterocycles. The van der Waals surface area contributed by atoms with Gasteiger partial charge in [-0.15, -0.1) is 11.3 Å². The van der Waals surface area contributed by atoms with E-state index in [0.29, 0.717) is 31.4 Å². The summed E-state index contributed by atoms with van der Waals surface area (Å²) in [5.74, 6) is -1.88. The summed E-state index contributed by atoms with van der Waals surface area (Å²) in [5.41, 5.74) is 9.39. The number of hydrogen-bond donors (Lipinski definition) is 3. The van der Waals surface area contributed by atoms with Crippen LogP contribution in [-0.4, -0.2) is 75.7 Å². The molecule has 4 rings (SSSR count). The van der Waals surface area contributed by atoms with E-state index in [1.54, 1.807) is 41.7 Å². The number of rotatable bonds is 10. The summed E-state index contributed by atoms with van der Waals surface area (Å²) in [6, 6.07) is 9.45. The first-order chi connectivity index (χ1) is 19.4. The van der Waals surface area contributed by atoms with Gasteiger partial charge in [0.15, 0.2) is 0 Å². The number of Topliss-reactive ketones (excluding diaryl/α,β-unsaturated/α-hetero) is 1. The Morgan fingerprint density at radius 2 is 1.93 bits per heavy atom. The highest BCUT2D eigenvalue weighted by atomic mass is 32.1. The molecule has 2 aliphatic rings. The molecule has 12 nitrogen and oxygen atoms in total. The minimum atomic E-state index is -1.01. The van der Waals surface area contributed by atoms with Gasteiger partial charge in [-0.25, -0.2) is 9.80 Å². The van der Waals surface area contributed by atoms with Crippen LogP contribution >= 0.6 is 11.3 Å². The van der Waals surface area contributed by atoms with Crippen LogP contribution in [0.4, 0.5) is 4.79 Å². The number of fused-ring (bicyclic) bond motifs is 1. The molecule has 13 heteroatoms. The molecule has 210 valence electrons. The number of thiophene rings is 1. The van der Waals surface area contributed by atoms with Crippen LogP contribution in [0.3, 0.4) is 0 Å². The minimum Gasteiger partial charge on any atom is -0.361 e. The van der Waals surface area contributed by atoms with Crippen LogP contribution in [0, 0.1) is 0 Å². The molecular weight excluding hydrogens is 534 g/mol. The number of amides is 5. The van der Waals surface area contributed by atoms with Crippen molar-refractivity contribution in [2.75, 3.05) is 13.1 Å². The van der Waals surface area contributed by atoms with Gasteiger partial charge >= 0.3 is 12.2 Å². The maximum Gasteiger partial charge on any atom is 0.323 e. The Hall–Kier alpha value is -4.35. The molecule has 0 radical (unpaired) electrons. The molecule has 2 aromatic rings. The van der Waals surface area contributed by atoms with Crippen molar-refractivity contribution in [3.63, 3.8) is 0 Å². The highest BCUT2D eigenvalue weighted by Gasteiger charge is 2.45. The first-order valence-electron chi connectivity index (χ1n) is 13.1. The van der Waals surface area contributed by atoms with Crippen LogP contribution in [-0.2, 0) is 25.6 Å². The Morgan fingerprint density at radius 1 is 1.12 bits per heavy atom. The van der Waals surface area contributed by atoms with Gasteiger partial charge in [-0.1, -0.05) is 36.4 Å². The normalized spacial score (nSPS) is 19.5. The standard InChI is InChI=1S/C27H31N7O5S/c28-30-17-19(35)16-22(18-6-2-1-3-7-18)31-25(37)23-9-4-14-33-24(36)11-10-21(26(38)34(23)33)32-27(39)29-13-12-20-8-5-15-40-20/h1-3,5-8,15,17,21-23H,4,9-14,16H2,(H,31,37)(H2,29,32,39)/t21?,22?,23-/m0/s1. The number of hydrazine groups is 1. The van der Waals surface area contributed by atoms with Crippen LogP contribution in [0.5, 0.6) is 0 Å². The molecule has 1 aromatic carbocycles. The minimum absolute atomic E-state index is 0.0400. The van der Waals surface area contributed by atoms with Gasteiger partial charge in [0.1, 0.15) is 12.1 Å². The Kier molecular flexibility index (Phi) is 9.76. The third-order valence-electron chi connectivity index (χ3n) is 6.83. The fourth-order valence-electron chi connectivity index (χ4n) is 4.89. The van der Waals surface area contributed by atoms with Crippen molar-refractivity contribution in [1.29, 1.82) is 0 Å². The van der Waals surface area contributed by atoms with Gasteiger partial charge < -0.3 is 21.5 Å². The Bertz CT molecular complexity index is 1280. The molecule has 5 amide bonds. The summed E-state index contributed by atoms with van der Waals surface area (Å²) in [5, 5.41) is 12.7. The number of hydrogen-bond acceptors (Lipinski definition) is 6. The summed E-state index contributed by atoms with van der Waals surface area (Å²) in [6.45, 7) is 0.662. The van der Waals surface area contributed by atoms with E-state index in [0.717, 1.165) is 11.1 Å². The third kappa shape index (κ3) is 7.19. The van der Waals surface area contributed by atoms with Crippen LogP contribution in [0.25, 0.3) is 5.53 Å². The second-order valence-corrected chi connectivity index (χ2v) is 10.6. The van der Waals surface area contributed by atoms with Crippen LogP contribution in [0.2, 0.25) is 0 Å². The van der Waals surface area contributed by atoms with Crippen molar-refractivity contribution in [1.82, 2.24) is 26.0 Å². The molecule has 3 N–H and O–H groups in total. The molecule has 2 aliphatic heterocycles. The quantitative estimate of drug-likeness (QED) is 0.226. The smallest absolute Gasteiger partial charge is 0.323 e. The van der Waals surface area contributed by atoms with Crippen molar-refractivity contribution in [2.24, 2.45) is 0 Å². The summed E-state index contributed by atoms with van der Waals surface area (Å²) in [6.07, 6.45) is 2.20. The van der Waals surface area contributed by atoms with Gasteiger partial charge in [0.25, 0.3) is 5.91 Å². The van der Waals surface area contributed by atoms with E-state index in [9.17, 15) is 24.0 Å². The number of nitrogens with zero attached hydrogens (tertiary/aromatic N) is 4. The molecule has 3 atom stereocenters. The second-order valence-electron chi connectivity index (χ2n) is 9.57. The van der Waals surface area contributed by atoms with E-state index in [1.807, 2.05) is 17.5 Å². The van der Waals surface area contributed by atoms with Crippen LogP contribution in [0.15, 0.2) is 47.8 Å². The van der Waals surface area contributed by atoms with Crippen molar-refractivity contribution in [3.8, 4) is 0 Å². The van der Waals surface area contributed by atoms with Gasteiger partial charge in [0, 0.05) is 30.8 Å². The average molecular weight is 566 g/mol. The van der Waals surface area contributed by atoms with Crippen molar-refractivity contribution < 1.29 is 28.8 Å². The Labute approximate surface area is 235 Å². The number of urea groups is 1. The fourth-order valence-corrected chi connectivity index (χ4v) is 5.60. The number of ketones is 1. The maximum atomic E-state index is 13.7. The summed E-state index contributed by atoms with van der Waals surface area (Å²) < 4.78 is 0. The first kappa shape index (κ1) is 28.7. The van der Waals surface area contributed by atoms with Crippen LogP contribution < -0.4 is 16.0 Å². The number of carbonyl (C=O) groups is 5. The van der Waals surface area contributed by atoms with E-state index < -0.39 is 41.8 Å². The average Bonchev–Trinajstić information content (AvgIpc) is 3.44. The molecule has 2 unspecified atom stereocenters. The largest absolute Gasteiger partial charge is 0.361 e. The van der Waals surface area contributed by atoms with Gasteiger partial charge in [-0.2, -0.15) is 4.79 Å². The van der Waals surface area contributed by atoms with Crippen molar-refractivity contribution in [2.45, 2.75) is 56.7 Å². The van der Waals surface area contributed by atoms with E-state index in [1.165, 1.54) is 10.0 Å². The number of nitrogens with one attached hydrogen (secondary N) is 3. The second kappa shape index (κ2) is 13.6. The molecule has 0 aliphatic carbocycles. The lowest BCUT2D eigenvalue weighted by Crippen LogP contribution is -2.64. The van der Waals surface area contributed by atoms with E-state index in [4.69, 9.17) is 5.53 Å². The van der Waals surface area contributed by atoms with Crippen molar-refractivity contribution in [3.05, 3.63) is 63.8 Å². The van der Waals surface area contributed by atoms with Crippen LogP contribution in [0.1, 0.15) is 48.6 Å². The van der Waals surface area contributed by atoms with Gasteiger partial charge in [-0.3, -0.25) is 24.2 Å². The summed E-state index contributed by atoms with van der Waals surface area (Å²) in [7, 11) is 0. The zero-order chi connectivity index (χ0) is 28.5. The van der Waals surface area contributed by atoms with Gasteiger partial charge in [0.2, 0.25) is 17.6 Å².